The maximum absolute atomic E-state index is 2.46. The van der Waals surface area contributed by atoms with Gasteiger partial charge in [0.15, 0.2) is 0 Å². The first-order valence-electron chi connectivity index (χ1n) is 23.9. The van der Waals surface area contributed by atoms with E-state index < -0.39 is 0 Å². The van der Waals surface area contributed by atoms with Crippen molar-refractivity contribution in [1.82, 2.24) is 4.57 Å². The number of nitrogens with zero attached hydrogens (tertiary/aromatic N) is 2. The Hall–Kier alpha value is -8.20. The lowest BCUT2D eigenvalue weighted by molar-refractivity contribution is 0.660. The van der Waals surface area contributed by atoms with Crippen molar-refractivity contribution in [2.45, 2.75) is 38.5 Å². The van der Waals surface area contributed by atoms with Crippen LogP contribution >= 0.6 is 0 Å². The van der Waals surface area contributed by atoms with Gasteiger partial charge >= 0.3 is 0 Å². The molecule has 13 rings (SSSR count). The smallest absolute Gasteiger partial charge is 0.0541 e. The number of hydrogen-bond acceptors (Lipinski definition) is 1. The third-order valence-electron chi connectivity index (χ3n) is 15.2. The second-order valence-corrected chi connectivity index (χ2v) is 19.8. The van der Waals surface area contributed by atoms with Crippen LogP contribution in [0.4, 0.5) is 17.1 Å². The molecule has 11 aromatic rings. The topological polar surface area (TPSA) is 8.17 Å². The van der Waals surface area contributed by atoms with Crippen LogP contribution in [0.3, 0.4) is 0 Å². The summed E-state index contributed by atoms with van der Waals surface area (Å²) in [4.78, 5) is 2.46. The maximum Gasteiger partial charge on any atom is 0.0541 e. The van der Waals surface area contributed by atoms with Crippen molar-refractivity contribution in [2.75, 3.05) is 4.90 Å². The van der Waals surface area contributed by atoms with Crippen molar-refractivity contribution in [3.05, 3.63) is 253 Å². The van der Waals surface area contributed by atoms with E-state index in [4.69, 9.17) is 0 Å². The van der Waals surface area contributed by atoms with Crippen LogP contribution in [-0.2, 0) is 10.8 Å². The van der Waals surface area contributed by atoms with Crippen LogP contribution in [-0.4, -0.2) is 4.57 Å². The molecular formula is C66H50N2. The molecule has 324 valence electrons. The summed E-state index contributed by atoms with van der Waals surface area (Å²) < 4.78 is 2.41. The van der Waals surface area contributed by atoms with Crippen LogP contribution in [0, 0.1) is 0 Å². The van der Waals surface area contributed by atoms with Crippen LogP contribution in [0.25, 0.3) is 83.1 Å². The molecule has 2 aliphatic rings. The fourth-order valence-corrected chi connectivity index (χ4v) is 11.6. The van der Waals surface area contributed by atoms with E-state index in [2.05, 4.69) is 268 Å². The lowest BCUT2D eigenvalue weighted by atomic mass is 9.81. The number of hydrogen-bond donors (Lipinski definition) is 0. The van der Waals surface area contributed by atoms with Crippen LogP contribution in [0.5, 0.6) is 0 Å². The van der Waals surface area contributed by atoms with E-state index in [1.807, 2.05) is 0 Å². The third kappa shape index (κ3) is 6.17. The van der Waals surface area contributed by atoms with E-state index in [0.29, 0.717) is 0 Å². The highest BCUT2D eigenvalue weighted by molar-refractivity contribution is 6.10. The van der Waals surface area contributed by atoms with Gasteiger partial charge in [0.1, 0.15) is 0 Å². The molecule has 0 N–H and O–H groups in total. The summed E-state index contributed by atoms with van der Waals surface area (Å²) in [6, 6.07) is 85.5. The molecule has 2 heteroatoms. The molecule has 2 aliphatic carbocycles. The fourth-order valence-electron chi connectivity index (χ4n) is 11.6. The Morgan fingerprint density at radius 1 is 0.294 bits per heavy atom. The number of rotatable bonds is 7. The quantitative estimate of drug-likeness (QED) is 0.155. The molecule has 1 heterocycles. The molecule has 0 bridgehead atoms. The second-order valence-electron chi connectivity index (χ2n) is 19.8. The largest absolute Gasteiger partial charge is 0.310 e. The van der Waals surface area contributed by atoms with E-state index in [1.165, 1.54) is 99.7 Å². The Morgan fingerprint density at radius 3 is 1.37 bits per heavy atom. The van der Waals surface area contributed by atoms with Crippen molar-refractivity contribution >= 4 is 38.9 Å². The zero-order valence-corrected chi connectivity index (χ0v) is 38.8. The molecule has 0 saturated carbocycles. The predicted octanol–water partition coefficient (Wildman–Crippen LogP) is 17.9. The van der Waals surface area contributed by atoms with Gasteiger partial charge in [0.25, 0.3) is 0 Å². The van der Waals surface area contributed by atoms with Crippen LogP contribution in [0.1, 0.15) is 49.9 Å². The average Bonchev–Trinajstić information content (AvgIpc) is 3.93. The van der Waals surface area contributed by atoms with Gasteiger partial charge in [-0.2, -0.15) is 0 Å². The third-order valence-corrected chi connectivity index (χ3v) is 15.2. The Labute approximate surface area is 399 Å². The highest BCUT2D eigenvalue weighted by Crippen LogP contribution is 2.54. The number of anilines is 3. The molecule has 2 nitrogen and oxygen atoms in total. The normalized spacial score (nSPS) is 13.8. The first-order valence-corrected chi connectivity index (χ1v) is 23.9. The van der Waals surface area contributed by atoms with Gasteiger partial charge in [0.2, 0.25) is 0 Å². The number of para-hydroxylation sites is 1. The van der Waals surface area contributed by atoms with Crippen molar-refractivity contribution in [3.63, 3.8) is 0 Å². The fraction of sp³-hybridized carbons (Fsp3) is 0.0909. The monoisotopic (exact) mass is 870 g/mol. The molecule has 10 aromatic carbocycles. The Balaban J connectivity index is 0.882. The highest BCUT2D eigenvalue weighted by atomic mass is 15.1. The number of fused-ring (bicyclic) bond motifs is 9. The molecule has 0 fully saturated rings. The maximum atomic E-state index is 2.46. The molecule has 0 spiro atoms. The minimum atomic E-state index is -0.229. The standard InChI is InChI=1S/C66H50N2/c1-65(2)59-21-13-11-19-53(59)55-36-33-51(41-61(55)65)67(49-29-23-45(24-30-49)43-15-7-5-8-16-43)52-34-37-56-54-35-27-48(40-60(54)66(3,4)62(56)42-52)47-28-38-64-58(39-47)57-20-12-14-22-63(57)68(64)50-31-25-46(26-32-50)44-17-9-6-10-18-44/h5-42H,1-4H3. The van der Waals surface area contributed by atoms with Gasteiger partial charge in [-0.15, -0.1) is 0 Å². The van der Waals surface area contributed by atoms with Gasteiger partial charge in [0, 0.05) is 44.4 Å². The molecule has 0 amide bonds. The SMILES string of the molecule is CC1(C)c2ccccc2-c2ccc(N(c3ccc(-c4ccccc4)cc3)c3ccc4c(c3)C(C)(C)c3cc(-c5ccc6c(c5)c5ccccc5n6-c5ccc(-c6ccccc6)cc5)ccc3-4)cc21. The Bertz CT molecular complexity index is 3760. The molecule has 0 unspecified atom stereocenters. The summed E-state index contributed by atoms with van der Waals surface area (Å²) in [6.45, 7) is 9.54. The van der Waals surface area contributed by atoms with Crippen LogP contribution < -0.4 is 4.90 Å². The molecular weight excluding hydrogens is 821 g/mol. The van der Waals surface area contributed by atoms with E-state index in [9.17, 15) is 0 Å². The van der Waals surface area contributed by atoms with Gasteiger partial charge in [-0.25, -0.2) is 0 Å². The molecule has 1 aromatic heterocycles. The van der Waals surface area contributed by atoms with Gasteiger partial charge < -0.3 is 9.47 Å². The summed E-state index contributed by atoms with van der Waals surface area (Å²) in [5.74, 6) is 0. The lowest BCUT2D eigenvalue weighted by Crippen LogP contribution is -2.18. The van der Waals surface area contributed by atoms with Crippen molar-refractivity contribution < 1.29 is 0 Å². The minimum Gasteiger partial charge on any atom is -0.310 e. The summed E-state index contributed by atoms with van der Waals surface area (Å²) in [5.41, 5.74) is 24.8. The Kier molecular flexibility index (Phi) is 8.95. The van der Waals surface area contributed by atoms with Gasteiger partial charge in [-0.05, 0) is 151 Å². The van der Waals surface area contributed by atoms with Gasteiger partial charge in [-0.3, -0.25) is 0 Å². The molecule has 68 heavy (non-hydrogen) atoms. The Morgan fingerprint density at radius 2 is 0.721 bits per heavy atom. The summed E-state index contributed by atoms with van der Waals surface area (Å²) in [5, 5.41) is 2.52. The summed E-state index contributed by atoms with van der Waals surface area (Å²) in [6.07, 6.45) is 0. The lowest BCUT2D eigenvalue weighted by Gasteiger charge is -2.30. The molecule has 0 radical (unpaired) electrons. The zero-order chi connectivity index (χ0) is 45.7. The average molecular weight is 871 g/mol. The molecule has 0 saturated heterocycles. The number of benzene rings is 10. The van der Waals surface area contributed by atoms with Crippen LogP contribution in [0.15, 0.2) is 231 Å². The zero-order valence-electron chi connectivity index (χ0n) is 38.8. The van der Waals surface area contributed by atoms with Gasteiger partial charge in [-0.1, -0.05) is 185 Å². The van der Waals surface area contributed by atoms with E-state index >= 15 is 0 Å². The highest BCUT2D eigenvalue weighted by Gasteiger charge is 2.38. The second kappa shape index (κ2) is 15.2. The first-order chi connectivity index (χ1) is 33.2. The van der Waals surface area contributed by atoms with E-state index in [-0.39, 0.29) is 10.8 Å². The summed E-state index contributed by atoms with van der Waals surface area (Å²) >= 11 is 0. The van der Waals surface area contributed by atoms with Gasteiger partial charge in [0.05, 0.1) is 11.0 Å². The number of aromatic nitrogens is 1. The van der Waals surface area contributed by atoms with E-state index in [0.717, 1.165) is 22.7 Å². The van der Waals surface area contributed by atoms with E-state index in [1.54, 1.807) is 0 Å². The summed E-state index contributed by atoms with van der Waals surface area (Å²) in [7, 11) is 0. The van der Waals surface area contributed by atoms with Crippen LogP contribution in [0.2, 0.25) is 0 Å². The van der Waals surface area contributed by atoms with Crippen molar-refractivity contribution in [2.24, 2.45) is 0 Å². The first kappa shape index (κ1) is 40.1. The van der Waals surface area contributed by atoms with Crippen molar-refractivity contribution in [1.29, 1.82) is 0 Å². The minimum absolute atomic E-state index is 0.110. The molecule has 0 atom stereocenters. The molecule has 0 aliphatic heterocycles. The van der Waals surface area contributed by atoms with Crippen molar-refractivity contribution in [3.8, 4) is 61.3 Å². The predicted molar refractivity (Wildman–Crippen MR) is 287 cm³/mol.